The Bertz CT molecular complexity index is 665. The Labute approximate surface area is 122 Å². The number of benzene rings is 1. The maximum atomic E-state index is 12.5. The topological polar surface area (TPSA) is 70.5 Å². The maximum absolute atomic E-state index is 12.5. The van der Waals surface area contributed by atoms with Crippen molar-refractivity contribution in [2.24, 2.45) is 0 Å². The van der Waals surface area contributed by atoms with Gasteiger partial charge in [0, 0.05) is 18.4 Å². The van der Waals surface area contributed by atoms with E-state index in [1.165, 1.54) is 18.3 Å². The second kappa shape index (κ2) is 6.17. The van der Waals surface area contributed by atoms with Gasteiger partial charge in [0.1, 0.15) is 5.69 Å². The average molecular weight is 284 g/mol. The van der Waals surface area contributed by atoms with E-state index in [-0.39, 0.29) is 11.6 Å². The normalized spacial score (nSPS) is 10.2. The predicted molar refractivity (Wildman–Crippen MR) is 79.7 cm³/mol. The van der Waals surface area contributed by atoms with Crippen LogP contribution in [0.15, 0.2) is 42.6 Å². The molecular weight excluding hydrogens is 268 g/mol. The van der Waals surface area contributed by atoms with Crippen LogP contribution in [0.5, 0.6) is 0 Å². The first kappa shape index (κ1) is 14.7. The molecule has 5 heteroatoms. The lowest BCUT2D eigenvalue weighted by Crippen LogP contribution is -2.31. The Morgan fingerprint density at radius 1 is 1.19 bits per heavy atom. The van der Waals surface area contributed by atoms with E-state index < -0.39 is 5.97 Å². The molecule has 0 radical (unpaired) electrons. The van der Waals surface area contributed by atoms with E-state index in [0.29, 0.717) is 12.1 Å². The molecule has 0 spiro atoms. The summed E-state index contributed by atoms with van der Waals surface area (Å²) in [4.78, 5) is 28.8. The van der Waals surface area contributed by atoms with Crippen LogP contribution in [0, 0.1) is 6.92 Å². The Hall–Kier alpha value is -2.69. The van der Waals surface area contributed by atoms with Gasteiger partial charge < -0.3 is 10.0 Å². The molecule has 0 aliphatic carbocycles. The summed E-state index contributed by atoms with van der Waals surface area (Å²) in [5, 5.41) is 8.83. The van der Waals surface area contributed by atoms with Crippen LogP contribution in [0.25, 0.3) is 0 Å². The van der Waals surface area contributed by atoms with Gasteiger partial charge in [-0.2, -0.15) is 0 Å². The highest BCUT2D eigenvalue weighted by molar-refractivity contribution is 6.06. The lowest BCUT2D eigenvalue weighted by molar-refractivity contribution is 0.0690. The first-order valence-electron chi connectivity index (χ1n) is 6.61. The molecule has 0 unspecified atom stereocenters. The third kappa shape index (κ3) is 3.08. The zero-order chi connectivity index (χ0) is 15.4. The van der Waals surface area contributed by atoms with E-state index in [2.05, 4.69) is 4.98 Å². The van der Waals surface area contributed by atoms with Crippen LogP contribution in [0.1, 0.15) is 33.3 Å². The summed E-state index contributed by atoms with van der Waals surface area (Å²) < 4.78 is 0. The average Bonchev–Trinajstić information content (AvgIpc) is 2.50. The molecule has 1 N–H and O–H groups in total. The van der Waals surface area contributed by atoms with Gasteiger partial charge in [-0.05, 0) is 37.6 Å². The minimum atomic E-state index is -1.11. The largest absolute Gasteiger partial charge is 0.477 e. The summed E-state index contributed by atoms with van der Waals surface area (Å²) in [5.41, 5.74) is 2.13. The van der Waals surface area contributed by atoms with Gasteiger partial charge in [-0.3, -0.25) is 4.79 Å². The third-order valence-electron chi connectivity index (χ3n) is 3.20. The molecule has 5 nitrogen and oxygen atoms in total. The van der Waals surface area contributed by atoms with Gasteiger partial charge in [0.2, 0.25) is 0 Å². The Balaban J connectivity index is 2.32. The molecule has 0 saturated heterocycles. The van der Waals surface area contributed by atoms with Crippen molar-refractivity contribution in [2.45, 2.75) is 13.8 Å². The van der Waals surface area contributed by atoms with Crippen LogP contribution in [-0.2, 0) is 0 Å². The number of rotatable bonds is 4. The lowest BCUT2D eigenvalue weighted by atomic mass is 10.1. The molecule has 1 aromatic heterocycles. The van der Waals surface area contributed by atoms with Gasteiger partial charge in [-0.15, -0.1) is 0 Å². The number of carbonyl (C=O) groups excluding carboxylic acids is 1. The van der Waals surface area contributed by atoms with Crippen molar-refractivity contribution < 1.29 is 14.7 Å². The van der Waals surface area contributed by atoms with Crippen LogP contribution < -0.4 is 4.90 Å². The van der Waals surface area contributed by atoms with Gasteiger partial charge in [-0.1, -0.05) is 18.2 Å². The molecule has 1 aromatic carbocycles. The molecule has 0 bridgehead atoms. The number of carboxylic acids is 1. The summed E-state index contributed by atoms with van der Waals surface area (Å²) >= 11 is 0. The molecule has 21 heavy (non-hydrogen) atoms. The molecule has 1 heterocycles. The Kier molecular flexibility index (Phi) is 4.33. The molecule has 2 rings (SSSR count). The van der Waals surface area contributed by atoms with E-state index >= 15 is 0 Å². The van der Waals surface area contributed by atoms with Gasteiger partial charge in [-0.25, -0.2) is 9.78 Å². The number of anilines is 1. The summed E-state index contributed by atoms with van der Waals surface area (Å²) in [6.07, 6.45) is 1.30. The summed E-state index contributed by atoms with van der Waals surface area (Å²) in [5.74, 6) is -1.31. The molecule has 0 aliphatic rings. The van der Waals surface area contributed by atoms with Crippen LogP contribution >= 0.6 is 0 Å². The minimum absolute atomic E-state index is 0.0782. The zero-order valence-corrected chi connectivity index (χ0v) is 11.9. The van der Waals surface area contributed by atoms with E-state index in [4.69, 9.17) is 5.11 Å². The van der Waals surface area contributed by atoms with Crippen molar-refractivity contribution in [3.8, 4) is 0 Å². The predicted octanol–water partition coefficient (Wildman–Crippen LogP) is 2.75. The number of aromatic nitrogens is 1. The number of pyridine rings is 1. The van der Waals surface area contributed by atoms with Crippen molar-refractivity contribution in [2.75, 3.05) is 11.4 Å². The standard InChI is InChI=1S/C16H16N2O3/c1-3-18(14-7-5-4-6-11(14)2)15(19)12-8-9-13(16(20)21)17-10-12/h4-10H,3H2,1-2H3,(H,20,21). The lowest BCUT2D eigenvalue weighted by Gasteiger charge is -2.22. The fourth-order valence-corrected chi connectivity index (χ4v) is 2.09. The molecule has 2 aromatic rings. The van der Waals surface area contributed by atoms with Gasteiger partial charge in [0.05, 0.1) is 5.56 Å². The van der Waals surface area contributed by atoms with Gasteiger partial charge >= 0.3 is 5.97 Å². The zero-order valence-electron chi connectivity index (χ0n) is 11.9. The number of hydrogen-bond donors (Lipinski definition) is 1. The fourth-order valence-electron chi connectivity index (χ4n) is 2.09. The number of hydrogen-bond acceptors (Lipinski definition) is 3. The highest BCUT2D eigenvalue weighted by Gasteiger charge is 2.18. The molecule has 108 valence electrons. The first-order valence-corrected chi connectivity index (χ1v) is 6.61. The number of aromatic carboxylic acids is 1. The molecule has 0 atom stereocenters. The van der Waals surface area contributed by atoms with Crippen LogP contribution in [0.2, 0.25) is 0 Å². The fraction of sp³-hybridized carbons (Fsp3) is 0.188. The second-order valence-electron chi connectivity index (χ2n) is 4.57. The van der Waals surface area contributed by atoms with E-state index in [1.54, 1.807) is 4.90 Å². The quantitative estimate of drug-likeness (QED) is 0.937. The van der Waals surface area contributed by atoms with E-state index in [9.17, 15) is 9.59 Å². The van der Waals surface area contributed by atoms with E-state index in [1.807, 2.05) is 38.1 Å². The van der Waals surface area contributed by atoms with Crippen LogP contribution in [0.4, 0.5) is 5.69 Å². The Morgan fingerprint density at radius 2 is 1.90 bits per heavy atom. The number of carbonyl (C=O) groups is 2. The molecule has 0 saturated carbocycles. The van der Waals surface area contributed by atoms with E-state index in [0.717, 1.165) is 11.3 Å². The van der Waals surface area contributed by atoms with Crippen molar-refractivity contribution >= 4 is 17.6 Å². The molecule has 0 aliphatic heterocycles. The Morgan fingerprint density at radius 3 is 2.43 bits per heavy atom. The summed E-state index contributed by atoms with van der Waals surface area (Å²) in [6, 6.07) is 10.4. The van der Waals surface area contributed by atoms with Gasteiger partial charge in [0.15, 0.2) is 0 Å². The van der Waals surface area contributed by atoms with Crippen molar-refractivity contribution in [1.29, 1.82) is 0 Å². The second-order valence-corrected chi connectivity index (χ2v) is 4.57. The first-order chi connectivity index (χ1) is 10.0. The maximum Gasteiger partial charge on any atom is 0.354 e. The van der Waals surface area contributed by atoms with Crippen LogP contribution in [0.3, 0.4) is 0 Å². The van der Waals surface area contributed by atoms with Crippen LogP contribution in [-0.4, -0.2) is 28.5 Å². The van der Waals surface area contributed by atoms with Crippen molar-refractivity contribution in [3.05, 3.63) is 59.4 Å². The third-order valence-corrected chi connectivity index (χ3v) is 3.20. The number of nitrogens with zero attached hydrogens (tertiary/aromatic N) is 2. The smallest absolute Gasteiger partial charge is 0.354 e. The minimum Gasteiger partial charge on any atom is -0.477 e. The molecular formula is C16H16N2O3. The summed E-state index contributed by atoms with van der Waals surface area (Å²) in [6.45, 7) is 4.35. The molecule has 0 fully saturated rings. The highest BCUT2D eigenvalue weighted by atomic mass is 16.4. The monoisotopic (exact) mass is 284 g/mol. The van der Waals surface area contributed by atoms with Gasteiger partial charge in [0.25, 0.3) is 5.91 Å². The molecule has 1 amide bonds. The van der Waals surface area contributed by atoms with Crippen molar-refractivity contribution in [1.82, 2.24) is 4.98 Å². The number of carboxylic acid groups (broad SMARTS) is 1. The number of amides is 1. The summed E-state index contributed by atoms with van der Waals surface area (Å²) in [7, 11) is 0. The van der Waals surface area contributed by atoms with Crippen molar-refractivity contribution in [3.63, 3.8) is 0 Å². The number of aryl methyl sites for hydroxylation is 1. The highest BCUT2D eigenvalue weighted by Crippen LogP contribution is 2.21. The SMILES string of the molecule is CCN(C(=O)c1ccc(C(=O)O)nc1)c1ccccc1C. The number of para-hydroxylation sites is 1.